The van der Waals surface area contributed by atoms with Gasteiger partial charge in [-0.15, -0.1) is 11.8 Å². The van der Waals surface area contributed by atoms with E-state index in [1.165, 1.54) is 18.9 Å². The normalized spacial score (nSPS) is 11.5. The van der Waals surface area contributed by atoms with Crippen molar-refractivity contribution in [2.45, 2.75) is 19.1 Å². The number of methoxy groups -OCH3 is 2. The van der Waals surface area contributed by atoms with Gasteiger partial charge in [-0.05, 0) is 49.7 Å². The summed E-state index contributed by atoms with van der Waals surface area (Å²) in [7, 11) is 3.09. The molecule has 1 unspecified atom stereocenters. The highest BCUT2D eigenvalue weighted by Gasteiger charge is 2.17. The van der Waals surface area contributed by atoms with Crippen molar-refractivity contribution in [1.29, 1.82) is 0 Å². The molecular formula is C20H23ClN2O4S. The molecule has 0 saturated carbocycles. The number of aryl methyl sites for hydroxylation is 1. The summed E-state index contributed by atoms with van der Waals surface area (Å²) in [5.41, 5.74) is 2.05. The molecule has 1 atom stereocenters. The highest BCUT2D eigenvalue weighted by molar-refractivity contribution is 8.01. The lowest BCUT2D eigenvalue weighted by Crippen LogP contribution is -2.25. The smallest absolute Gasteiger partial charge is 0.237 e. The summed E-state index contributed by atoms with van der Waals surface area (Å²) in [4.78, 5) is 24.6. The maximum absolute atomic E-state index is 12.3. The van der Waals surface area contributed by atoms with Gasteiger partial charge < -0.3 is 20.1 Å². The predicted octanol–water partition coefficient (Wildman–Crippen LogP) is 4.36. The van der Waals surface area contributed by atoms with Crippen molar-refractivity contribution in [2.24, 2.45) is 0 Å². The van der Waals surface area contributed by atoms with Crippen LogP contribution in [0.15, 0.2) is 36.4 Å². The first kappa shape index (κ1) is 21.9. The van der Waals surface area contributed by atoms with E-state index in [4.69, 9.17) is 21.1 Å². The fraction of sp³-hybridized carbons (Fsp3) is 0.300. The van der Waals surface area contributed by atoms with E-state index in [9.17, 15) is 9.59 Å². The van der Waals surface area contributed by atoms with Gasteiger partial charge in [-0.2, -0.15) is 0 Å². The van der Waals surface area contributed by atoms with Gasteiger partial charge in [0.25, 0.3) is 0 Å². The van der Waals surface area contributed by atoms with Gasteiger partial charge in [-0.3, -0.25) is 9.59 Å². The van der Waals surface area contributed by atoms with Crippen LogP contribution in [-0.2, 0) is 9.59 Å². The number of carbonyl (C=O) groups excluding carboxylic acids is 2. The number of benzene rings is 2. The molecule has 2 rings (SSSR count). The molecule has 0 spiro atoms. The zero-order chi connectivity index (χ0) is 20.7. The second-order valence-corrected chi connectivity index (χ2v) is 7.76. The average Bonchev–Trinajstić information content (AvgIpc) is 2.69. The molecule has 0 heterocycles. The van der Waals surface area contributed by atoms with E-state index >= 15 is 0 Å². The van der Waals surface area contributed by atoms with Crippen LogP contribution in [0.5, 0.6) is 11.5 Å². The minimum Gasteiger partial charge on any atom is -0.497 e. The Balaban J connectivity index is 1.87. The number of halogens is 1. The van der Waals surface area contributed by atoms with Crippen LogP contribution in [0.25, 0.3) is 0 Å². The Labute approximate surface area is 173 Å². The van der Waals surface area contributed by atoms with Crippen molar-refractivity contribution in [2.75, 3.05) is 30.6 Å². The maximum Gasteiger partial charge on any atom is 0.237 e. The lowest BCUT2D eigenvalue weighted by atomic mass is 10.2. The van der Waals surface area contributed by atoms with Crippen molar-refractivity contribution in [3.05, 3.63) is 47.0 Å². The molecule has 0 aliphatic rings. The lowest BCUT2D eigenvalue weighted by Gasteiger charge is -2.14. The number of thioether (sulfide) groups is 1. The van der Waals surface area contributed by atoms with Gasteiger partial charge >= 0.3 is 0 Å². The molecule has 0 saturated heterocycles. The Morgan fingerprint density at radius 2 is 1.79 bits per heavy atom. The van der Waals surface area contributed by atoms with E-state index in [0.29, 0.717) is 27.9 Å². The molecule has 8 heteroatoms. The van der Waals surface area contributed by atoms with Crippen LogP contribution >= 0.6 is 23.4 Å². The van der Waals surface area contributed by atoms with E-state index in [0.717, 1.165) is 5.56 Å². The second-order valence-electron chi connectivity index (χ2n) is 6.02. The van der Waals surface area contributed by atoms with Crippen LogP contribution in [0, 0.1) is 6.92 Å². The van der Waals surface area contributed by atoms with Gasteiger partial charge in [0.2, 0.25) is 11.8 Å². The molecule has 150 valence electrons. The van der Waals surface area contributed by atoms with E-state index in [1.807, 2.05) is 6.92 Å². The number of amides is 2. The molecule has 0 bridgehead atoms. The summed E-state index contributed by atoms with van der Waals surface area (Å²) < 4.78 is 10.3. The second kappa shape index (κ2) is 10.2. The van der Waals surface area contributed by atoms with Gasteiger partial charge in [0.05, 0.1) is 30.9 Å². The van der Waals surface area contributed by atoms with Crippen LogP contribution in [0.2, 0.25) is 5.02 Å². The fourth-order valence-electron chi connectivity index (χ4n) is 2.31. The van der Waals surface area contributed by atoms with Crippen LogP contribution in [-0.4, -0.2) is 37.0 Å². The number of anilines is 2. The summed E-state index contributed by atoms with van der Waals surface area (Å²) in [6.45, 7) is 3.60. The quantitative estimate of drug-likeness (QED) is 0.660. The molecular weight excluding hydrogens is 400 g/mol. The Bertz CT molecular complexity index is 843. The van der Waals surface area contributed by atoms with E-state index in [-0.39, 0.29) is 17.6 Å². The van der Waals surface area contributed by atoms with Crippen molar-refractivity contribution in [3.8, 4) is 11.5 Å². The maximum atomic E-state index is 12.3. The lowest BCUT2D eigenvalue weighted by molar-refractivity contribution is -0.115. The third-order valence-electron chi connectivity index (χ3n) is 3.95. The average molecular weight is 423 g/mol. The van der Waals surface area contributed by atoms with Gasteiger partial charge in [0.15, 0.2) is 0 Å². The molecule has 0 fully saturated rings. The first-order chi connectivity index (χ1) is 13.3. The number of rotatable bonds is 8. The Hall–Kier alpha value is -2.38. The third-order valence-corrected chi connectivity index (χ3v) is 5.50. The van der Waals surface area contributed by atoms with Gasteiger partial charge in [-0.1, -0.05) is 11.6 Å². The monoisotopic (exact) mass is 422 g/mol. The number of ether oxygens (including phenoxy) is 2. The van der Waals surface area contributed by atoms with Crippen molar-refractivity contribution >= 4 is 46.6 Å². The van der Waals surface area contributed by atoms with Gasteiger partial charge in [0, 0.05) is 16.8 Å². The summed E-state index contributed by atoms with van der Waals surface area (Å²) in [5, 5.41) is 5.78. The van der Waals surface area contributed by atoms with Crippen molar-refractivity contribution in [3.63, 3.8) is 0 Å². The largest absolute Gasteiger partial charge is 0.497 e. The SMILES string of the molecule is COc1ccc(NC(=O)C(C)SCC(=O)Nc2cc(C)c(Cl)cc2OC)cc1. The third kappa shape index (κ3) is 6.07. The molecule has 2 amide bonds. The molecule has 0 aliphatic heterocycles. The van der Waals surface area contributed by atoms with E-state index in [2.05, 4.69) is 10.6 Å². The summed E-state index contributed by atoms with van der Waals surface area (Å²) >= 11 is 7.32. The van der Waals surface area contributed by atoms with Crippen molar-refractivity contribution < 1.29 is 19.1 Å². The molecule has 6 nitrogen and oxygen atoms in total. The first-order valence-electron chi connectivity index (χ1n) is 8.54. The van der Waals surface area contributed by atoms with Crippen molar-refractivity contribution in [1.82, 2.24) is 0 Å². The summed E-state index contributed by atoms with van der Waals surface area (Å²) in [6, 6.07) is 10.5. The number of hydrogen-bond acceptors (Lipinski definition) is 5. The zero-order valence-electron chi connectivity index (χ0n) is 16.2. The highest BCUT2D eigenvalue weighted by Crippen LogP contribution is 2.31. The van der Waals surface area contributed by atoms with Crippen LogP contribution in [0.1, 0.15) is 12.5 Å². The van der Waals surface area contributed by atoms with E-state index in [1.54, 1.807) is 50.4 Å². The Morgan fingerprint density at radius 3 is 2.39 bits per heavy atom. The number of hydrogen-bond donors (Lipinski definition) is 2. The van der Waals surface area contributed by atoms with E-state index < -0.39 is 5.25 Å². The topological polar surface area (TPSA) is 76.7 Å². The van der Waals surface area contributed by atoms with Gasteiger partial charge in [-0.25, -0.2) is 0 Å². The van der Waals surface area contributed by atoms with Crippen LogP contribution < -0.4 is 20.1 Å². The number of carbonyl (C=O) groups is 2. The molecule has 2 aromatic carbocycles. The zero-order valence-corrected chi connectivity index (χ0v) is 17.7. The molecule has 2 N–H and O–H groups in total. The molecule has 0 radical (unpaired) electrons. The molecule has 28 heavy (non-hydrogen) atoms. The molecule has 0 aromatic heterocycles. The molecule has 2 aromatic rings. The minimum absolute atomic E-state index is 0.127. The highest BCUT2D eigenvalue weighted by atomic mass is 35.5. The van der Waals surface area contributed by atoms with Crippen LogP contribution in [0.3, 0.4) is 0 Å². The minimum atomic E-state index is -0.401. The standard InChI is InChI=1S/C20H23ClN2O4S/c1-12-9-17(18(27-4)10-16(12)21)23-19(24)11-28-13(2)20(25)22-14-5-7-15(26-3)8-6-14/h5-10,13H,11H2,1-4H3,(H,22,25)(H,23,24). The Kier molecular flexibility index (Phi) is 8.02. The molecule has 0 aliphatic carbocycles. The predicted molar refractivity (Wildman–Crippen MR) is 115 cm³/mol. The fourth-order valence-corrected chi connectivity index (χ4v) is 3.15. The van der Waals surface area contributed by atoms with Crippen LogP contribution in [0.4, 0.5) is 11.4 Å². The summed E-state index contributed by atoms with van der Waals surface area (Å²) in [6.07, 6.45) is 0. The van der Waals surface area contributed by atoms with Gasteiger partial charge in [0.1, 0.15) is 11.5 Å². The Morgan fingerprint density at radius 1 is 1.11 bits per heavy atom. The first-order valence-corrected chi connectivity index (χ1v) is 9.97. The summed E-state index contributed by atoms with van der Waals surface area (Å²) in [5.74, 6) is 0.920. The number of nitrogens with one attached hydrogen (secondary N) is 2.